The molecule has 1 N–H and O–H groups in total. The molecule has 4 heteroatoms. The zero-order valence-electron chi connectivity index (χ0n) is 11.2. The summed E-state index contributed by atoms with van der Waals surface area (Å²) in [5.41, 5.74) is 3.31. The van der Waals surface area contributed by atoms with Crippen LogP contribution in [0, 0.1) is 0 Å². The van der Waals surface area contributed by atoms with Gasteiger partial charge in [-0.05, 0) is 30.7 Å². The number of pyridine rings is 1. The van der Waals surface area contributed by atoms with Gasteiger partial charge < -0.3 is 10.2 Å². The van der Waals surface area contributed by atoms with Crippen molar-refractivity contribution in [2.45, 2.75) is 13.5 Å². The number of hydrogen-bond acceptors (Lipinski definition) is 3. The first kappa shape index (κ1) is 13.7. The van der Waals surface area contributed by atoms with Crippen molar-refractivity contribution < 1.29 is 0 Å². The summed E-state index contributed by atoms with van der Waals surface area (Å²) in [6, 6.07) is 10.0. The van der Waals surface area contributed by atoms with E-state index in [0.717, 1.165) is 29.5 Å². The van der Waals surface area contributed by atoms with Gasteiger partial charge in [0.15, 0.2) is 0 Å². The fourth-order valence-corrected chi connectivity index (χ4v) is 2.15. The SMILES string of the molecule is CCNc1cncc(N(C)Cc2cccc(Cl)c2)c1. The highest BCUT2D eigenvalue weighted by atomic mass is 35.5. The summed E-state index contributed by atoms with van der Waals surface area (Å²) in [6.45, 7) is 3.77. The van der Waals surface area contributed by atoms with E-state index < -0.39 is 0 Å². The van der Waals surface area contributed by atoms with Crippen LogP contribution < -0.4 is 10.2 Å². The van der Waals surface area contributed by atoms with E-state index in [0.29, 0.717) is 0 Å². The Kier molecular flexibility index (Phi) is 4.63. The van der Waals surface area contributed by atoms with Gasteiger partial charge in [-0.1, -0.05) is 23.7 Å². The average Bonchev–Trinajstić information content (AvgIpc) is 2.39. The van der Waals surface area contributed by atoms with Gasteiger partial charge in [0.05, 0.1) is 23.8 Å². The van der Waals surface area contributed by atoms with E-state index in [1.165, 1.54) is 5.56 Å². The fraction of sp³-hybridized carbons (Fsp3) is 0.267. The number of aromatic nitrogens is 1. The molecule has 0 radical (unpaired) electrons. The lowest BCUT2D eigenvalue weighted by atomic mass is 10.2. The fourth-order valence-electron chi connectivity index (χ4n) is 1.94. The molecule has 0 amide bonds. The molecule has 0 bridgehead atoms. The van der Waals surface area contributed by atoms with Gasteiger partial charge in [0, 0.05) is 25.2 Å². The maximum Gasteiger partial charge on any atom is 0.0573 e. The maximum atomic E-state index is 6.00. The number of benzene rings is 1. The lowest BCUT2D eigenvalue weighted by Gasteiger charge is -2.20. The third-order valence-electron chi connectivity index (χ3n) is 2.85. The molecule has 2 rings (SSSR count). The average molecular weight is 276 g/mol. The summed E-state index contributed by atoms with van der Waals surface area (Å²) in [5, 5.41) is 4.03. The molecule has 0 unspecified atom stereocenters. The summed E-state index contributed by atoms with van der Waals surface area (Å²) >= 11 is 6.00. The van der Waals surface area contributed by atoms with Crippen LogP contribution in [0.5, 0.6) is 0 Å². The molecule has 0 saturated carbocycles. The van der Waals surface area contributed by atoms with Gasteiger partial charge in [0.1, 0.15) is 0 Å². The molecular weight excluding hydrogens is 258 g/mol. The van der Waals surface area contributed by atoms with Crippen LogP contribution in [-0.4, -0.2) is 18.6 Å². The molecule has 1 heterocycles. The smallest absolute Gasteiger partial charge is 0.0573 e. The summed E-state index contributed by atoms with van der Waals surface area (Å²) in [4.78, 5) is 6.41. The zero-order valence-corrected chi connectivity index (χ0v) is 12.0. The molecule has 0 aliphatic heterocycles. The number of halogens is 1. The van der Waals surface area contributed by atoms with Crippen molar-refractivity contribution in [2.75, 3.05) is 23.8 Å². The van der Waals surface area contributed by atoms with E-state index in [1.54, 1.807) is 0 Å². The molecule has 1 aromatic carbocycles. The summed E-state index contributed by atoms with van der Waals surface area (Å²) in [5.74, 6) is 0. The Balaban J connectivity index is 2.11. The second-order valence-corrected chi connectivity index (χ2v) is 4.88. The molecule has 0 aliphatic rings. The van der Waals surface area contributed by atoms with Crippen LogP contribution in [0.4, 0.5) is 11.4 Å². The lowest BCUT2D eigenvalue weighted by molar-refractivity contribution is 0.918. The second kappa shape index (κ2) is 6.43. The molecule has 0 saturated heterocycles. The minimum atomic E-state index is 0.769. The van der Waals surface area contributed by atoms with Gasteiger partial charge in [0.2, 0.25) is 0 Å². The third-order valence-corrected chi connectivity index (χ3v) is 3.09. The van der Waals surface area contributed by atoms with Crippen LogP contribution in [0.2, 0.25) is 5.02 Å². The van der Waals surface area contributed by atoms with E-state index >= 15 is 0 Å². The number of nitrogens with zero attached hydrogens (tertiary/aromatic N) is 2. The maximum absolute atomic E-state index is 6.00. The van der Waals surface area contributed by atoms with E-state index in [4.69, 9.17) is 11.6 Å². The Morgan fingerprint density at radius 1 is 1.26 bits per heavy atom. The van der Waals surface area contributed by atoms with E-state index in [1.807, 2.05) is 37.6 Å². The van der Waals surface area contributed by atoms with Gasteiger partial charge in [-0.2, -0.15) is 0 Å². The van der Waals surface area contributed by atoms with Gasteiger partial charge in [-0.15, -0.1) is 0 Å². The Bertz CT molecular complexity index is 542. The first-order valence-corrected chi connectivity index (χ1v) is 6.71. The van der Waals surface area contributed by atoms with Crippen molar-refractivity contribution in [1.29, 1.82) is 0 Å². The normalized spacial score (nSPS) is 10.3. The Morgan fingerprint density at radius 3 is 2.84 bits per heavy atom. The van der Waals surface area contributed by atoms with Gasteiger partial charge >= 0.3 is 0 Å². The number of nitrogens with one attached hydrogen (secondary N) is 1. The first-order valence-electron chi connectivity index (χ1n) is 6.33. The van der Waals surface area contributed by atoms with Crippen LogP contribution in [0.25, 0.3) is 0 Å². The molecular formula is C15H18ClN3. The van der Waals surface area contributed by atoms with Crippen molar-refractivity contribution in [3.8, 4) is 0 Å². The Labute approximate surface area is 119 Å². The highest BCUT2D eigenvalue weighted by Gasteiger charge is 2.04. The molecule has 0 aliphatic carbocycles. The van der Waals surface area contributed by atoms with Crippen molar-refractivity contribution >= 4 is 23.0 Å². The van der Waals surface area contributed by atoms with Gasteiger partial charge in [-0.25, -0.2) is 0 Å². The quantitative estimate of drug-likeness (QED) is 0.900. The molecule has 1 aromatic heterocycles. The molecule has 19 heavy (non-hydrogen) atoms. The minimum Gasteiger partial charge on any atom is -0.384 e. The largest absolute Gasteiger partial charge is 0.384 e. The monoisotopic (exact) mass is 275 g/mol. The Hall–Kier alpha value is -1.74. The predicted molar refractivity (Wildman–Crippen MR) is 82.0 cm³/mol. The number of hydrogen-bond donors (Lipinski definition) is 1. The van der Waals surface area contributed by atoms with Crippen LogP contribution in [0.3, 0.4) is 0 Å². The standard InChI is InChI=1S/C15H18ClN3/c1-3-18-14-8-15(10-17-9-14)19(2)11-12-5-4-6-13(16)7-12/h4-10,18H,3,11H2,1-2H3. The van der Waals surface area contributed by atoms with Crippen molar-refractivity contribution in [3.05, 3.63) is 53.3 Å². The highest BCUT2D eigenvalue weighted by Crippen LogP contribution is 2.19. The molecule has 2 aromatic rings. The Morgan fingerprint density at radius 2 is 2.11 bits per heavy atom. The van der Waals surface area contributed by atoms with E-state index in [-0.39, 0.29) is 0 Å². The summed E-state index contributed by atoms with van der Waals surface area (Å²) < 4.78 is 0. The third kappa shape index (κ3) is 3.86. The molecule has 0 fully saturated rings. The second-order valence-electron chi connectivity index (χ2n) is 4.45. The van der Waals surface area contributed by atoms with Gasteiger partial charge in [-0.3, -0.25) is 4.98 Å². The molecule has 0 atom stereocenters. The van der Waals surface area contributed by atoms with Crippen LogP contribution in [-0.2, 0) is 6.54 Å². The van der Waals surface area contributed by atoms with Crippen molar-refractivity contribution in [2.24, 2.45) is 0 Å². The first-order chi connectivity index (χ1) is 9.19. The molecule has 0 spiro atoms. The molecule has 100 valence electrons. The minimum absolute atomic E-state index is 0.769. The van der Waals surface area contributed by atoms with E-state index in [2.05, 4.69) is 34.3 Å². The van der Waals surface area contributed by atoms with Crippen molar-refractivity contribution in [1.82, 2.24) is 4.98 Å². The summed E-state index contributed by atoms with van der Waals surface area (Å²) in [6.07, 6.45) is 3.70. The van der Waals surface area contributed by atoms with E-state index in [9.17, 15) is 0 Å². The van der Waals surface area contributed by atoms with Crippen molar-refractivity contribution in [3.63, 3.8) is 0 Å². The predicted octanol–water partition coefficient (Wildman–Crippen LogP) is 3.80. The zero-order chi connectivity index (χ0) is 13.7. The number of rotatable bonds is 5. The van der Waals surface area contributed by atoms with Crippen LogP contribution in [0.15, 0.2) is 42.7 Å². The topological polar surface area (TPSA) is 28.2 Å². The lowest BCUT2D eigenvalue weighted by Crippen LogP contribution is -2.16. The number of anilines is 2. The molecule has 3 nitrogen and oxygen atoms in total. The summed E-state index contributed by atoms with van der Waals surface area (Å²) in [7, 11) is 2.05. The van der Waals surface area contributed by atoms with Crippen LogP contribution >= 0.6 is 11.6 Å². The van der Waals surface area contributed by atoms with Crippen LogP contribution in [0.1, 0.15) is 12.5 Å². The highest BCUT2D eigenvalue weighted by molar-refractivity contribution is 6.30. The van der Waals surface area contributed by atoms with Gasteiger partial charge in [0.25, 0.3) is 0 Å².